The molecule has 0 aliphatic heterocycles. The third-order valence-electron chi connectivity index (χ3n) is 1.99. The Morgan fingerprint density at radius 3 is 1.77 bits per heavy atom. The van der Waals surface area contributed by atoms with Crippen molar-refractivity contribution in [1.29, 1.82) is 0 Å². The molecular formula is C18H30O8. The first-order valence-corrected chi connectivity index (χ1v) is 7.88. The molecule has 0 radical (unpaired) electrons. The van der Waals surface area contributed by atoms with Gasteiger partial charge in [0.15, 0.2) is 0 Å². The third kappa shape index (κ3) is 26.4. The van der Waals surface area contributed by atoms with Gasteiger partial charge in [-0.3, -0.25) is 0 Å². The van der Waals surface area contributed by atoms with Crippen LogP contribution in [0.4, 0.5) is 0 Å². The number of ether oxygens (including phenoxy) is 3. The Bertz CT molecular complexity index is 429. The van der Waals surface area contributed by atoms with Crippen LogP contribution in [0.15, 0.2) is 38.0 Å². The number of aliphatic hydroxyl groups is 2. The Morgan fingerprint density at radius 2 is 1.42 bits per heavy atom. The SMILES string of the molecule is C=CC(=O)OC(C)CO.C=CC(=O)OCC(C)O.C=CC(=O)OCCC. The zero-order valence-electron chi connectivity index (χ0n) is 15.7. The molecule has 0 heterocycles. The van der Waals surface area contributed by atoms with Crippen molar-refractivity contribution in [3.8, 4) is 0 Å². The van der Waals surface area contributed by atoms with Crippen LogP contribution in [-0.2, 0) is 28.6 Å². The van der Waals surface area contributed by atoms with E-state index in [4.69, 9.17) is 10.2 Å². The Labute approximate surface area is 154 Å². The number of carbonyl (C=O) groups excluding carboxylic acids is 3. The van der Waals surface area contributed by atoms with Crippen molar-refractivity contribution in [2.45, 2.75) is 39.4 Å². The van der Waals surface area contributed by atoms with E-state index in [1.807, 2.05) is 6.92 Å². The molecule has 2 unspecified atom stereocenters. The molecule has 8 heteroatoms. The molecule has 0 saturated carbocycles. The summed E-state index contributed by atoms with van der Waals surface area (Å²) in [7, 11) is 0. The molecule has 0 fully saturated rings. The van der Waals surface area contributed by atoms with E-state index in [1.165, 1.54) is 6.92 Å². The molecule has 0 aromatic heterocycles. The van der Waals surface area contributed by atoms with Gasteiger partial charge in [0, 0.05) is 18.2 Å². The molecule has 2 atom stereocenters. The van der Waals surface area contributed by atoms with E-state index in [2.05, 4.69) is 33.9 Å². The number of rotatable bonds is 9. The number of aliphatic hydroxyl groups excluding tert-OH is 2. The van der Waals surface area contributed by atoms with Crippen molar-refractivity contribution in [2.24, 2.45) is 0 Å². The summed E-state index contributed by atoms with van der Waals surface area (Å²) in [5.41, 5.74) is 0. The van der Waals surface area contributed by atoms with Crippen LogP contribution in [0.2, 0.25) is 0 Å². The third-order valence-corrected chi connectivity index (χ3v) is 1.99. The minimum absolute atomic E-state index is 0.0326. The Balaban J connectivity index is -0.000000306. The minimum Gasteiger partial charge on any atom is -0.463 e. The molecule has 0 aromatic carbocycles. The molecule has 0 spiro atoms. The lowest BCUT2D eigenvalue weighted by atomic mass is 10.4. The molecule has 0 bridgehead atoms. The standard InChI is InChI=1S/2C6H10O3.C6H10O2/c1-3-6(8)9-4-5(2)7;1-3-6(8)9-5(2)4-7;1-3-5-8-6(7)4-2/h2*3,5,7H,1,4H2,2H3;4H,2-3,5H2,1H3. The van der Waals surface area contributed by atoms with Crippen LogP contribution in [-0.4, -0.2) is 60.1 Å². The number of esters is 3. The zero-order valence-corrected chi connectivity index (χ0v) is 15.7. The molecule has 0 aromatic rings. The Kier molecular flexibility index (Phi) is 22.5. The maximum absolute atomic E-state index is 10.3. The first-order valence-electron chi connectivity index (χ1n) is 7.88. The summed E-state index contributed by atoms with van der Waals surface area (Å²) in [5.74, 6) is -1.35. The van der Waals surface area contributed by atoms with Gasteiger partial charge in [-0.25, -0.2) is 14.4 Å². The number of hydrogen-bond donors (Lipinski definition) is 2. The van der Waals surface area contributed by atoms with Crippen LogP contribution in [0.25, 0.3) is 0 Å². The smallest absolute Gasteiger partial charge is 0.330 e. The van der Waals surface area contributed by atoms with Crippen LogP contribution in [0.5, 0.6) is 0 Å². The molecule has 0 amide bonds. The van der Waals surface area contributed by atoms with Crippen LogP contribution in [0.1, 0.15) is 27.2 Å². The maximum atomic E-state index is 10.3. The van der Waals surface area contributed by atoms with Gasteiger partial charge in [-0.2, -0.15) is 0 Å². The molecule has 0 aliphatic carbocycles. The van der Waals surface area contributed by atoms with Crippen molar-refractivity contribution in [1.82, 2.24) is 0 Å². The second kappa shape index (κ2) is 20.6. The van der Waals surface area contributed by atoms with Gasteiger partial charge in [-0.1, -0.05) is 26.7 Å². The average Bonchev–Trinajstić information content (AvgIpc) is 2.64. The highest BCUT2D eigenvalue weighted by molar-refractivity contribution is 5.81. The van der Waals surface area contributed by atoms with Crippen LogP contribution in [0, 0.1) is 0 Å². The maximum Gasteiger partial charge on any atom is 0.330 e. The van der Waals surface area contributed by atoms with E-state index in [1.54, 1.807) is 6.92 Å². The van der Waals surface area contributed by atoms with Crippen molar-refractivity contribution in [2.75, 3.05) is 19.8 Å². The topological polar surface area (TPSA) is 119 Å². The summed E-state index contributed by atoms with van der Waals surface area (Å²) >= 11 is 0. The lowest BCUT2D eigenvalue weighted by molar-refractivity contribution is -0.144. The highest BCUT2D eigenvalue weighted by atomic mass is 16.6. The predicted octanol–water partition coefficient (Wildman–Crippen LogP) is 1.32. The van der Waals surface area contributed by atoms with Gasteiger partial charge in [0.2, 0.25) is 0 Å². The summed E-state index contributed by atoms with van der Waals surface area (Å²) < 4.78 is 13.6. The molecular weight excluding hydrogens is 344 g/mol. The predicted molar refractivity (Wildman–Crippen MR) is 97.1 cm³/mol. The van der Waals surface area contributed by atoms with Crippen molar-refractivity contribution in [3.63, 3.8) is 0 Å². The van der Waals surface area contributed by atoms with Crippen molar-refractivity contribution < 1.29 is 38.8 Å². The first kappa shape index (κ1) is 28.4. The van der Waals surface area contributed by atoms with Crippen LogP contribution in [0.3, 0.4) is 0 Å². The molecule has 8 nitrogen and oxygen atoms in total. The highest BCUT2D eigenvalue weighted by Gasteiger charge is 2.02. The van der Waals surface area contributed by atoms with Gasteiger partial charge < -0.3 is 24.4 Å². The van der Waals surface area contributed by atoms with E-state index >= 15 is 0 Å². The van der Waals surface area contributed by atoms with E-state index < -0.39 is 24.1 Å². The minimum atomic E-state index is -0.603. The zero-order chi connectivity index (χ0) is 21.0. The molecule has 0 saturated heterocycles. The highest BCUT2D eigenvalue weighted by Crippen LogP contribution is 1.89. The molecule has 0 aliphatic rings. The van der Waals surface area contributed by atoms with Gasteiger partial charge in [0.05, 0.1) is 19.3 Å². The average molecular weight is 374 g/mol. The summed E-state index contributed by atoms with van der Waals surface area (Å²) in [5, 5.41) is 17.0. The molecule has 2 N–H and O–H groups in total. The fraction of sp³-hybridized carbons (Fsp3) is 0.500. The van der Waals surface area contributed by atoms with Gasteiger partial charge in [-0.05, 0) is 20.3 Å². The fourth-order valence-electron chi connectivity index (χ4n) is 0.807. The van der Waals surface area contributed by atoms with Crippen molar-refractivity contribution in [3.05, 3.63) is 38.0 Å². The second-order valence-corrected chi connectivity index (χ2v) is 4.69. The van der Waals surface area contributed by atoms with Crippen LogP contribution >= 0.6 is 0 Å². The first-order chi connectivity index (χ1) is 12.2. The van der Waals surface area contributed by atoms with Gasteiger partial charge in [0.1, 0.15) is 12.7 Å². The molecule has 26 heavy (non-hydrogen) atoms. The molecule has 150 valence electrons. The van der Waals surface area contributed by atoms with Gasteiger partial charge in [-0.15, -0.1) is 0 Å². The largest absolute Gasteiger partial charge is 0.463 e. The quantitative estimate of drug-likeness (QED) is 0.352. The van der Waals surface area contributed by atoms with Gasteiger partial charge in [0.25, 0.3) is 0 Å². The Morgan fingerprint density at radius 1 is 0.962 bits per heavy atom. The van der Waals surface area contributed by atoms with E-state index in [9.17, 15) is 14.4 Å². The van der Waals surface area contributed by atoms with E-state index in [0.717, 1.165) is 24.6 Å². The van der Waals surface area contributed by atoms with E-state index in [0.29, 0.717) is 6.61 Å². The lowest BCUT2D eigenvalue weighted by Gasteiger charge is -2.06. The summed E-state index contributed by atoms with van der Waals surface area (Å²) in [6.45, 7) is 15.1. The number of carbonyl (C=O) groups is 3. The molecule has 0 rings (SSSR count). The second-order valence-electron chi connectivity index (χ2n) is 4.69. The fourth-order valence-corrected chi connectivity index (χ4v) is 0.807. The van der Waals surface area contributed by atoms with Crippen LogP contribution < -0.4 is 0 Å². The van der Waals surface area contributed by atoms with Crippen molar-refractivity contribution >= 4 is 17.9 Å². The lowest BCUT2D eigenvalue weighted by Crippen LogP contribution is -2.16. The number of hydrogen-bond acceptors (Lipinski definition) is 8. The van der Waals surface area contributed by atoms with Gasteiger partial charge >= 0.3 is 17.9 Å². The summed E-state index contributed by atoms with van der Waals surface area (Å²) in [6, 6.07) is 0. The monoisotopic (exact) mass is 374 g/mol. The normalized spacial score (nSPS) is 11.0. The summed E-state index contributed by atoms with van der Waals surface area (Å²) in [4.78, 5) is 30.8. The Hall–Kier alpha value is -2.45. The van der Waals surface area contributed by atoms with E-state index in [-0.39, 0.29) is 19.2 Å². The summed E-state index contributed by atoms with van der Waals surface area (Å²) in [6.07, 6.45) is 3.11.